The van der Waals surface area contributed by atoms with E-state index >= 15 is 0 Å². The number of rotatable bonds is 2. The molecule has 0 aromatic carbocycles. The molecule has 0 aromatic heterocycles. The van der Waals surface area contributed by atoms with Crippen LogP contribution in [-0.2, 0) is 4.79 Å². The summed E-state index contributed by atoms with van der Waals surface area (Å²) in [5, 5.41) is 0. The molecular weight excluding hydrogens is 114 g/mol. The van der Waals surface area contributed by atoms with Crippen molar-refractivity contribution >= 4 is 5.91 Å². The molecule has 0 aromatic rings. The van der Waals surface area contributed by atoms with Gasteiger partial charge in [-0.15, -0.1) is 0 Å². The van der Waals surface area contributed by atoms with Gasteiger partial charge in [0.05, 0.1) is 0 Å². The van der Waals surface area contributed by atoms with E-state index in [2.05, 4.69) is 0 Å². The van der Waals surface area contributed by atoms with Gasteiger partial charge in [0.2, 0.25) is 5.91 Å². The SMILES string of the molecule is CCN(C(C)=O)C1CC1. The van der Waals surface area contributed by atoms with Crippen LogP contribution in [0.5, 0.6) is 0 Å². The molecule has 0 atom stereocenters. The third-order valence-electron chi connectivity index (χ3n) is 1.73. The van der Waals surface area contributed by atoms with Crippen molar-refractivity contribution in [3.8, 4) is 0 Å². The summed E-state index contributed by atoms with van der Waals surface area (Å²) >= 11 is 0. The first-order chi connectivity index (χ1) is 4.25. The van der Waals surface area contributed by atoms with Crippen LogP contribution < -0.4 is 0 Å². The topological polar surface area (TPSA) is 20.3 Å². The summed E-state index contributed by atoms with van der Waals surface area (Å²) in [6.45, 7) is 4.54. The standard InChI is InChI=1S/C7H13NO/c1-3-8(6(2)9)7-4-5-7/h7H,3-5H2,1-2H3. The van der Waals surface area contributed by atoms with Crippen LogP contribution in [-0.4, -0.2) is 23.4 Å². The maximum atomic E-state index is 10.8. The number of hydrogen-bond acceptors (Lipinski definition) is 1. The molecule has 0 aliphatic heterocycles. The smallest absolute Gasteiger partial charge is 0.219 e. The molecule has 0 N–H and O–H groups in total. The van der Waals surface area contributed by atoms with Gasteiger partial charge in [-0.2, -0.15) is 0 Å². The molecule has 1 fully saturated rings. The zero-order chi connectivity index (χ0) is 6.85. The first kappa shape index (κ1) is 6.59. The molecule has 0 unspecified atom stereocenters. The van der Waals surface area contributed by atoms with Gasteiger partial charge in [-0.25, -0.2) is 0 Å². The van der Waals surface area contributed by atoms with Crippen LogP contribution in [0.3, 0.4) is 0 Å². The van der Waals surface area contributed by atoms with Gasteiger partial charge in [0.15, 0.2) is 0 Å². The lowest BCUT2D eigenvalue weighted by atomic mass is 10.4. The molecule has 52 valence electrons. The predicted octanol–water partition coefficient (Wildman–Crippen LogP) is 1.02. The van der Waals surface area contributed by atoms with Crippen LogP contribution in [0.15, 0.2) is 0 Å². The summed E-state index contributed by atoms with van der Waals surface area (Å²) in [5.41, 5.74) is 0. The number of carbonyl (C=O) groups is 1. The molecule has 0 saturated heterocycles. The molecule has 1 amide bonds. The van der Waals surface area contributed by atoms with Gasteiger partial charge in [0.1, 0.15) is 0 Å². The molecule has 9 heavy (non-hydrogen) atoms. The number of nitrogens with zero attached hydrogens (tertiary/aromatic N) is 1. The second kappa shape index (κ2) is 2.38. The Morgan fingerprint density at radius 1 is 1.67 bits per heavy atom. The van der Waals surface area contributed by atoms with E-state index in [0.29, 0.717) is 6.04 Å². The summed E-state index contributed by atoms with van der Waals surface area (Å²) in [6.07, 6.45) is 2.43. The molecule has 1 rings (SSSR count). The normalized spacial score (nSPS) is 17.6. The fraction of sp³-hybridized carbons (Fsp3) is 0.857. The van der Waals surface area contributed by atoms with Gasteiger partial charge >= 0.3 is 0 Å². The van der Waals surface area contributed by atoms with E-state index in [1.165, 1.54) is 12.8 Å². The van der Waals surface area contributed by atoms with Crippen LogP contribution >= 0.6 is 0 Å². The van der Waals surface area contributed by atoms with Crippen LogP contribution in [0.25, 0.3) is 0 Å². The zero-order valence-corrected chi connectivity index (χ0v) is 6.05. The van der Waals surface area contributed by atoms with Gasteiger partial charge in [0.25, 0.3) is 0 Å². The van der Waals surface area contributed by atoms with E-state index in [9.17, 15) is 4.79 Å². The molecule has 1 aliphatic carbocycles. The second-order valence-electron chi connectivity index (χ2n) is 2.54. The van der Waals surface area contributed by atoms with E-state index in [1.807, 2.05) is 11.8 Å². The van der Waals surface area contributed by atoms with E-state index < -0.39 is 0 Å². The highest BCUT2D eigenvalue weighted by molar-refractivity contribution is 5.73. The molecule has 1 aliphatic rings. The lowest BCUT2D eigenvalue weighted by Gasteiger charge is -2.17. The Kier molecular flexibility index (Phi) is 1.74. The quantitative estimate of drug-likeness (QED) is 0.542. The molecular formula is C7H13NO. The number of amides is 1. The van der Waals surface area contributed by atoms with E-state index in [1.54, 1.807) is 6.92 Å². The Hall–Kier alpha value is -0.530. The van der Waals surface area contributed by atoms with Crippen molar-refractivity contribution in [1.29, 1.82) is 0 Å². The molecule has 0 spiro atoms. The van der Waals surface area contributed by atoms with E-state index in [4.69, 9.17) is 0 Å². The minimum absolute atomic E-state index is 0.222. The average molecular weight is 127 g/mol. The van der Waals surface area contributed by atoms with Crippen LogP contribution in [0.4, 0.5) is 0 Å². The molecule has 2 nitrogen and oxygen atoms in total. The maximum absolute atomic E-state index is 10.8. The molecule has 1 saturated carbocycles. The zero-order valence-electron chi connectivity index (χ0n) is 6.05. The van der Waals surface area contributed by atoms with Crippen molar-refractivity contribution in [3.63, 3.8) is 0 Å². The van der Waals surface area contributed by atoms with Gasteiger partial charge in [0, 0.05) is 19.5 Å². The number of hydrogen-bond donors (Lipinski definition) is 0. The molecule has 0 radical (unpaired) electrons. The van der Waals surface area contributed by atoms with Crippen molar-refractivity contribution in [2.45, 2.75) is 32.7 Å². The molecule has 0 heterocycles. The van der Waals surface area contributed by atoms with E-state index in [0.717, 1.165) is 6.54 Å². The lowest BCUT2D eigenvalue weighted by molar-refractivity contribution is -0.129. The Morgan fingerprint density at radius 3 is 2.33 bits per heavy atom. The summed E-state index contributed by atoms with van der Waals surface area (Å²) in [6, 6.07) is 0.590. The van der Waals surface area contributed by atoms with E-state index in [-0.39, 0.29) is 5.91 Å². The van der Waals surface area contributed by atoms with Gasteiger partial charge in [-0.05, 0) is 19.8 Å². The third-order valence-corrected chi connectivity index (χ3v) is 1.73. The highest BCUT2D eigenvalue weighted by atomic mass is 16.2. The van der Waals surface area contributed by atoms with Crippen molar-refractivity contribution < 1.29 is 4.79 Å². The summed E-state index contributed by atoms with van der Waals surface area (Å²) in [5.74, 6) is 0.222. The number of carbonyl (C=O) groups excluding carboxylic acids is 1. The van der Waals surface area contributed by atoms with Crippen molar-refractivity contribution in [1.82, 2.24) is 4.90 Å². The maximum Gasteiger partial charge on any atom is 0.219 e. The third kappa shape index (κ3) is 1.44. The van der Waals surface area contributed by atoms with Gasteiger partial charge in [-0.1, -0.05) is 0 Å². The Labute approximate surface area is 55.8 Å². The minimum Gasteiger partial charge on any atom is -0.340 e. The van der Waals surface area contributed by atoms with Crippen molar-refractivity contribution in [2.24, 2.45) is 0 Å². The second-order valence-corrected chi connectivity index (χ2v) is 2.54. The lowest BCUT2D eigenvalue weighted by Crippen LogP contribution is -2.30. The van der Waals surface area contributed by atoms with Crippen molar-refractivity contribution in [3.05, 3.63) is 0 Å². The van der Waals surface area contributed by atoms with Gasteiger partial charge in [-0.3, -0.25) is 4.79 Å². The fourth-order valence-corrected chi connectivity index (χ4v) is 1.12. The monoisotopic (exact) mass is 127 g/mol. The minimum atomic E-state index is 0.222. The van der Waals surface area contributed by atoms with Gasteiger partial charge < -0.3 is 4.90 Å². The highest BCUT2D eigenvalue weighted by Crippen LogP contribution is 2.26. The highest BCUT2D eigenvalue weighted by Gasteiger charge is 2.29. The van der Waals surface area contributed by atoms with Crippen molar-refractivity contribution in [2.75, 3.05) is 6.54 Å². The molecule has 0 bridgehead atoms. The fourth-order valence-electron chi connectivity index (χ4n) is 1.12. The molecule has 2 heteroatoms. The average Bonchev–Trinajstić information content (AvgIpc) is 2.50. The predicted molar refractivity (Wildman–Crippen MR) is 36.1 cm³/mol. The van der Waals surface area contributed by atoms with Crippen LogP contribution in [0.1, 0.15) is 26.7 Å². The summed E-state index contributed by atoms with van der Waals surface area (Å²) < 4.78 is 0. The summed E-state index contributed by atoms with van der Waals surface area (Å²) in [7, 11) is 0. The first-order valence-corrected chi connectivity index (χ1v) is 3.53. The Bertz CT molecular complexity index is 118. The Morgan fingerprint density at radius 2 is 2.22 bits per heavy atom. The first-order valence-electron chi connectivity index (χ1n) is 3.53. The van der Waals surface area contributed by atoms with Crippen LogP contribution in [0, 0.1) is 0 Å². The largest absolute Gasteiger partial charge is 0.340 e. The summed E-state index contributed by atoms with van der Waals surface area (Å²) in [4.78, 5) is 12.7. The van der Waals surface area contributed by atoms with Crippen LogP contribution in [0.2, 0.25) is 0 Å². The Balaban J connectivity index is 2.37.